The van der Waals surface area contributed by atoms with Crippen LogP contribution in [0.25, 0.3) is 0 Å². The zero-order valence-electron chi connectivity index (χ0n) is 12.2. The minimum absolute atomic E-state index is 0.335. The maximum atomic E-state index is 5.64. The van der Waals surface area contributed by atoms with Crippen molar-refractivity contribution in [1.29, 1.82) is 0 Å². The van der Waals surface area contributed by atoms with Crippen LogP contribution in [-0.4, -0.2) is 35.8 Å². The summed E-state index contributed by atoms with van der Waals surface area (Å²) < 4.78 is 5.64. The van der Waals surface area contributed by atoms with Crippen LogP contribution >= 0.6 is 0 Å². The minimum Gasteiger partial charge on any atom is -0.376 e. The van der Waals surface area contributed by atoms with Crippen LogP contribution in [0.1, 0.15) is 50.8 Å². The average molecular weight is 276 g/mol. The van der Waals surface area contributed by atoms with Gasteiger partial charge in [-0.05, 0) is 32.1 Å². The number of hydrogen-bond donors (Lipinski definition) is 2. The van der Waals surface area contributed by atoms with Gasteiger partial charge in [0.2, 0.25) is 0 Å². The smallest absolute Gasteiger partial charge is 0.136 e. The third kappa shape index (κ3) is 3.60. The third-order valence-corrected chi connectivity index (χ3v) is 3.78. The lowest BCUT2D eigenvalue weighted by atomic mass is 10.2. The Kier molecular flexibility index (Phi) is 4.35. The zero-order chi connectivity index (χ0) is 13.8. The van der Waals surface area contributed by atoms with E-state index >= 15 is 0 Å². The predicted molar refractivity (Wildman–Crippen MR) is 80.3 cm³/mol. The van der Waals surface area contributed by atoms with Gasteiger partial charge in [-0.3, -0.25) is 0 Å². The quantitative estimate of drug-likeness (QED) is 0.802. The molecule has 110 valence electrons. The van der Waals surface area contributed by atoms with Crippen molar-refractivity contribution < 1.29 is 4.74 Å². The molecule has 3 rings (SSSR count). The standard InChI is InChI=1S/C15H24N4O/c1-2-7-16-13-9-14(17-10-12-4-3-8-20-12)19-15(18-13)11-5-6-11/h9,11-12H,2-8,10H2,1H3,(H2,16,17,18,19). The maximum Gasteiger partial charge on any atom is 0.136 e. The first-order valence-electron chi connectivity index (χ1n) is 7.83. The lowest BCUT2D eigenvalue weighted by Gasteiger charge is -2.13. The molecule has 2 N–H and O–H groups in total. The largest absolute Gasteiger partial charge is 0.376 e. The molecule has 1 unspecified atom stereocenters. The highest BCUT2D eigenvalue weighted by Crippen LogP contribution is 2.38. The van der Waals surface area contributed by atoms with Crippen molar-refractivity contribution in [3.63, 3.8) is 0 Å². The van der Waals surface area contributed by atoms with Gasteiger partial charge in [0, 0.05) is 31.7 Å². The van der Waals surface area contributed by atoms with E-state index in [0.717, 1.165) is 50.0 Å². The second-order valence-electron chi connectivity index (χ2n) is 5.71. The van der Waals surface area contributed by atoms with Gasteiger partial charge in [-0.1, -0.05) is 6.92 Å². The van der Waals surface area contributed by atoms with Crippen LogP contribution in [0.3, 0.4) is 0 Å². The van der Waals surface area contributed by atoms with Crippen LogP contribution in [0.2, 0.25) is 0 Å². The Labute approximate surface area is 120 Å². The van der Waals surface area contributed by atoms with Gasteiger partial charge in [0.05, 0.1) is 6.10 Å². The summed E-state index contributed by atoms with van der Waals surface area (Å²) in [6.45, 7) is 4.85. The van der Waals surface area contributed by atoms with Gasteiger partial charge in [-0.25, -0.2) is 9.97 Å². The number of hydrogen-bond acceptors (Lipinski definition) is 5. The predicted octanol–water partition coefficient (Wildman–Crippen LogP) is 2.77. The highest BCUT2D eigenvalue weighted by atomic mass is 16.5. The van der Waals surface area contributed by atoms with E-state index in [4.69, 9.17) is 4.74 Å². The normalized spacial score (nSPS) is 21.9. The molecule has 0 spiro atoms. The number of nitrogens with zero attached hydrogens (tertiary/aromatic N) is 2. The summed E-state index contributed by atoms with van der Waals surface area (Å²) in [6.07, 6.45) is 6.20. The lowest BCUT2D eigenvalue weighted by molar-refractivity contribution is 0.120. The zero-order valence-corrected chi connectivity index (χ0v) is 12.2. The van der Waals surface area contributed by atoms with E-state index in [0.29, 0.717) is 12.0 Å². The topological polar surface area (TPSA) is 59.1 Å². The number of ether oxygens (including phenoxy) is 1. The molecule has 20 heavy (non-hydrogen) atoms. The Morgan fingerprint density at radius 1 is 1.20 bits per heavy atom. The second kappa shape index (κ2) is 6.39. The molecular weight excluding hydrogens is 252 g/mol. The maximum absolute atomic E-state index is 5.64. The first kappa shape index (κ1) is 13.6. The van der Waals surface area contributed by atoms with Crippen LogP contribution in [0.4, 0.5) is 11.6 Å². The summed E-state index contributed by atoms with van der Waals surface area (Å²) in [7, 11) is 0. The van der Waals surface area contributed by atoms with E-state index in [1.54, 1.807) is 0 Å². The summed E-state index contributed by atoms with van der Waals surface area (Å²) >= 11 is 0. The molecule has 5 heteroatoms. The molecule has 1 saturated heterocycles. The molecule has 1 aliphatic heterocycles. The van der Waals surface area contributed by atoms with Crippen molar-refractivity contribution >= 4 is 11.6 Å². The van der Waals surface area contributed by atoms with Gasteiger partial charge in [-0.15, -0.1) is 0 Å². The summed E-state index contributed by atoms with van der Waals surface area (Å²) in [5, 5.41) is 6.77. The first-order chi connectivity index (χ1) is 9.85. The molecule has 1 saturated carbocycles. The number of aromatic nitrogens is 2. The van der Waals surface area contributed by atoms with Crippen LogP contribution in [0.5, 0.6) is 0 Å². The Hall–Kier alpha value is -1.36. The summed E-state index contributed by atoms with van der Waals surface area (Å²) in [5.74, 6) is 3.43. The summed E-state index contributed by atoms with van der Waals surface area (Å²) in [4.78, 5) is 9.27. The summed E-state index contributed by atoms with van der Waals surface area (Å²) in [5.41, 5.74) is 0. The van der Waals surface area contributed by atoms with Crippen molar-refractivity contribution in [2.75, 3.05) is 30.3 Å². The van der Waals surface area contributed by atoms with E-state index < -0.39 is 0 Å². The summed E-state index contributed by atoms with van der Waals surface area (Å²) in [6, 6.07) is 2.01. The molecule has 0 radical (unpaired) electrons. The molecule has 1 aromatic rings. The van der Waals surface area contributed by atoms with Crippen LogP contribution in [-0.2, 0) is 4.74 Å². The highest BCUT2D eigenvalue weighted by molar-refractivity contribution is 5.48. The van der Waals surface area contributed by atoms with E-state index in [9.17, 15) is 0 Å². The monoisotopic (exact) mass is 276 g/mol. The molecular formula is C15H24N4O. The average Bonchev–Trinajstić information content (AvgIpc) is 3.20. The van der Waals surface area contributed by atoms with Gasteiger partial charge in [-0.2, -0.15) is 0 Å². The molecule has 0 bridgehead atoms. The Bertz CT molecular complexity index is 441. The Balaban J connectivity index is 1.65. The third-order valence-electron chi connectivity index (χ3n) is 3.78. The van der Waals surface area contributed by atoms with E-state index in [-0.39, 0.29) is 0 Å². The van der Waals surface area contributed by atoms with Crippen LogP contribution < -0.4 is 10.6 Å². The van der Waals surface area contributed by atoms with Crippen molar-refractivity contribution in [2.24, 2.45) is 0 Å². The Morgan fingerprint density at radius 2 is 2.00 bits per heavy atom. The molecule has 2 aliphatic rings. The highest BCUT2D eigenvalue weighted by Gasteiger charge is 2.27. The van der Waals surface area contributed by atoms with E-state index in [1.807, 2.05) is 6.07 Å². The van der Waals surface area contributed by atoms with Gasteiger partial charge < -0.3 is 15.4 Å². The minimum atomic E-state index is 0.335. The molecule has 2 heterocycles. The van der Waals surface area contributed by atoms with Crippen molar-refractivity contribution in [1.82, 2.24) is 9.97 Å². The van der Waals surface area contributed by atoms with Gasteiger partial charge in [0.25, 0.3) is 0 Å². The molecule has 1 aliphatic carbocycles. The lowest BCUT2D eigenvalue weighted by Crippen LogP contribution is -2.19. The van der Waals surface area contributed by atoms with E-state index in [1.165, 1.54) is 19.3 Å². The van der Waals surface area contributed by atoms with Crippen molar-refractivity contribution in [3.8, 4) is 0 Å². The fraction of sp³-hybridized carbons (Fsp3) is 0.733. The number of rotatable bonds is 7. The Morgan fingerprint density at radius 3 is 2.65 bits per heavy atom. The van der Waals surface area contributed by atoms with E-state index in [2.05, 4.69) is 27.5 Å². The molecule has 2 fully saturated rings. The second-order valence-corrected chi connectivity index (χ2v) is 5.71. The number of nitrogens with one attached hydrogen (secondary N) is 2. The van der Waals surface area contributed by atoms with Crippen LogP contribution in [0.15, 0.2) is 6.07 Å². The van der Waals surface area contributed by atoms with Gasteiger partial charge >= 0.3 is 0 Å². The van der Waals surface area contributed by atoms with Gasteiger partial charge in [0.1, 0.15) is 17.5 Å². The molecule has 1 atom stereocenters. The van der Waals surface area contributed by atoms with Crippen LogP contribution in [0, 0.1) is 0 Å². The van der Waals surface area contributed by atoms with Gasteiger partial charge in [0.15, 0.2) is 0 Å². The molecule has 1 aromatic heterocycles. The fourth-order valence-electron chi connectivity index (χ4n) is 2.45. The molecule has 5 nitrogen and oxygen atoms in total. The van der Waals surface area contributed by atoms with Crippen molar-refractivity contribution in [2.45, 2.75) is 51.0 Å². The SMILES string of the molecule is CCCNc1cc(NCC2CCCO2)nc(C2CC2)n1. The van der Waals surface area contributed by atoms with Crippen molar-refractivity contribution in [3.05, 3.63) is 11.9 Å². The first-order valence-corrected chi connectivity index (χ1v) is 7.83. The fourth-order valence-corrected chi connectivity index (χ4v) is 2.45. The molecule has 0 amide bonds. The number of anilines is 2. The molecule has 0 aromatic carbocycles.